The maximum atomic E-state index is 12.5. The molecule has 2 N–H and O–H groups in total. The predicted octanol–water partition coefficient (Wildman–Crippen LogP) is 4.85. The first-order chi connectivity index (χ1) is 13.0. The quantitative estimate of drug-likeness (QED) is 0.702. The monoisotopic (exact) mass is 402 g/mol. The molecule has 1 aliphatic heterocycles. The van der Waals surface area contributed by atoms with Crippen molar-refractivity contribution in [2.45, 2.75) is 36.6 Å². The summed E-state index contributed by atoms with van der Waals surface area (Å²) < 4.78 is 27.7. The van der Waals surface area contributed by atoms with Crippen LogP contribution in [0.25, 0.3) is 0 Å². The van der Waals surface area contributed by atoms with Crippen LogP contribution < -0.4 is 10.0 Å². The van der Waals surface area contributed by atoms with Crippen molar-refractivity contribution in [3.63, 3.8) is 0 Å². The average molecular weight is 403 g/mol. The largest absolute Gasteiger partial charge is 0.378 e. The van der Waals surface area contributed by atoms with Gasteiger partial charge in [0.15, 0.2) is 0 Å². The highest BCUT2D eigenvalue weighted by molar-refractivity contribution is 7.89. The van der Waals surface area contributed by atoms with E-state index in [1.54, 1.807) is 6.07 Å². The SMILES string of the molecule is CCCNS(=O)(=O)c1ccc2c(c1)C1C=CCC1C(c1cccc(Cl)c1)N2. The van der Waals surface area contributed by atoms with E-state index < -0.39 is 10.0 Å². The number of rotatable bonds is 5. The third-order valence-corrected chi connectivity index (χ3v) is 7.09. The Bertz CT molecular complexity index is 987. The number of anilines is 1. The van der Waals surface area contributed by atoms with Gasteiger partial charge in [-0.2, -0.15) is 0 Å². The fourth-order valence-electron chi connectivity index (χ4n) is 4.09. The number of fused-ring (bicyclic) bond motifs is 3. The Hall–Kier alpha value is -1.82. The molecule has 0 spiro atoms. The van der Waals surface area contributed by atoms with Crippen molar-refractivity contribution in [2.24, 2.45) is 5.92 Å². The molecule has 0 saturated carbocycles. The van der Waals surface area contributed by atoms with Gasteiger partial charge in [-0.05, 0) is 60.2 Å². The lowest BCUT2D eigenvalue weighted by Crippen LogP contribution is -2.30. The molecule has 0 radical (unpaired) electrons. The lowest BCUT2D eigenvalue weighted by atomic mass is 9.77. The summed E-state index contributed by atoms with van der Waals surface area (Å²) in [5, 5.41) is 4.35. The summed E-state index contributed by atoms with van der Waals surface area (Å²) >= 11 is 6.20. The van der Waals surface area contributed by atoms with Gasteiger partial charge in [0, 0.05) is 23.2 Å². The van der Waals surface area contributed by atoms with Crippen molar-refractivity contribution in [1.29, 1.82) is 0 Å². The molecule has 0 bridgehead atoms. The molecule has 1 aliphatic carbocycles. The van der Waals surface area contributed by atoms with Gasteiger partial charge in [0.05, 0.1) is 10.9 Å². The van der Waals surface area contributed by atoms with E-state index in [9.17, 15) is 8.42 Å². The number of hydrogen-bond donors (Lipinski definition) is 2. The summed E-state index contributed by atoms with van der Waals surface area (Å²) in [7, 11) is -3.48. The topological polar surface area (TPSA) is 58.2 Å². The van der Waals surface area contributed by atoms with Gasteiger partial charge < -0.3 is 5.32 Å². The summed E-state index contributed by atoms with van der Waals surface area (Å²) in [5.41, 5.74) is 3.20. The molecule has 0 fully saturated rings. The standard InChI is InChI=1S/C21H23ClN2O2S/c1-2-11-23-27(25,26)16-9-10-20-19(13-16)17-7-4-8-18(17)21(24-20)14-5-3-6-15(22)12-14/h3-7,9-10,12-13,17-18,21,23-24H,2,8,11H2,1H3. The highest BCUT2D eigenvalue weighted by Crippen LogP contribution is 2.50. The number of nitrogens with one attached hydrogen (secondary N) is 2. The smallest absolute Gasteiger partial charge is 0.240 e. The molecule has 6 heteroatoms. The maximum Gasteiger partial charge on any atom is 0.240 e. The number of hydrogen-bond acceptors (Lipinski definition) is 3. The Kier molecular flexibility index (Phi) is 5.01. The lowest BCUT2D eigenvalue weighted by molar-refractivity contribution is 0.425. The molecule has 4 nitrogen and oxygen atoms in total. The summed E-state index contributed by atoms with van der Waals surface area (Å²) in [5.74, 6) is 0.545. The Labute approximate surface area is 165 Å². The first kappa shape index (κ1) is 18.5. The van der Waals surface area contributed by atoms with Gasteiger partial charge in [0.2, 0.25) is 10.0 Å². The van der Waals surface area contributed by atoms with E-state index in [4.69, 9.17) is 11.6 Å². The van der Waals surface area contributed by atoms with E-state index in [1.165, 1.54) is 0 Å². The summed E-state index contributed by atoms with van der Waals surface area (Å²) in [4.78, 5) is 0.330. The second kappa shape index (κ2) is 7.30. The summed E-state index contributed by atoms with van der Waals surface area (Å²) in [6, 6.07) is 13.5. The molecule has 4 rings (SSSR count). The number of allylic oxidation sites excluding steroid dienone is 2. The zero-order valence-corrected chi connectivity index (χ0v) is 16.7. The molecule has 3 unspecified atom stereocenters. The molecule has 142 valence electrons. The van der Waals surface area contributed by atoms with Crippen LogP contribution >= 0.6 is 11.6 Å². The van der Waals surface area contributed by atoms with Crippen LogP contribution in [0.4, 0.5) is 5.69 Å². The highest BCUT2D eigenvalue weighted by Gasteiger charge is 2.38. The highest BCUT2D eigenvalue weighted by atomic mass is 35.5. The first-order valence-electron chi connectivity index (χ1n) is 9.32. The van der Waals surface area contributed by atoms with E-state index in [-0.39, 0.29) is 12.0 Å². The zero-order chi connectivity index (χ0) is 19.0. The number of benzene rings is 2. The van der Waals surface area contributed by atoms with Crippen molar-refractivity contribution >= 4 is 27.3 Å². The van der Waals surface area contributed by atoms with Crippen LogP contribution in [0.1, 0.15) is 42.9 Å². The number of halogens is 1. The van der Waals surface area contributed by atoms with Crippen LogP contribution in [0.5, 0.6) is 0 Å². The third-order valence-electron chi connectivity index (χ3n) is 5.39. The Morgan fingerprint density at radius 3 is 2.85 bits per heavy atom. The zero-order valence-electron chi connectivity index (χ0n) is 15.2. The molecule has 0 saturated heterocycles. The Morgan fingerprint density at radius 2 is 2.07 bits per heavy atom. The summed E-state index contributed by atoms with van der Waals surface area (Å²) in [6.45, 7) is 2.39. The molecule has 0 aromatic heterocycles. The number of sulfonamides is 1. The minimum atomic E-state index is -3.48. The van der Waals surface area contributed by atoms with E-state index >= 15 is 0 Å². The van der Waals surface area contributed by atoms with Crippen LogP contribution in [0, 0.1) is 5.92 Å². The van der Waals surface area contributed by atoms with Gasteiger partial charge in [-0.15, -0.1) is 0 Å². The van der Waals surface area contributed by atoms with E-state index in [1.807, 2.05) is 37.3 Å². The fraction of sp³-hybridized carbons (Fsp3) is 0.333. The fourth-order valence-corrected chi connectivity index (χ4v) is 5.46. The molecule has 2 aromatic carbocycles. The molecule has 1 heterocycles. The second-order valence-electron chi connectivity index (χ2n) is 7.18. The molecule has 2 aromatic rings. The van der Waals surface area contributed by atoms with Crippen molar-refractivity contribution < 1.29 is 8.42 Å². The average Bonchev–Trinajstić information content (AvgIpc) is 3.15. The van der Waals surface area contributed by atoms with E-state index in [0.29, 0.717) is 17.4 Å². The summed E-state index contributed by atoms with van der Waals surface area (Å²) in [6.07, 6.45) is 6.12. The Morgan fingerprint density at radius 1 is 1.22 bits per heavy atom. The van der Waals surface area contributed by atoms with Crippen LogP contribution in [-0.2, 0) is 10.0 Å². The third kappa shape index (κ3) is 3.51. The van der Waals surface area contributed by atoms with Gasteiger partial charge in [0.25, 0.3) is 0 Å². The van der Waals surface area contributed by atoms with Crippen molar-refractivity contribution in [1.82, 2.24) is 4.72 Å². The van der Waals surface area contributed by atoms with Crippen LogP contribution in [-0.4, -0.2) is 15.0 Å². The molecule has 2 aliphatic rings. The second-order valence-corrected chi connectivity index (χ2v) is 9.38. The van der Waals surface area contributed by atoms with Crippen molar-refractivity contribution in [2.75, 3.05) is 11.9 Å². The first-order valence-corrected chi connectivity index (χ1v) is 11.2. The van der Waals surface area contributed by atoms with Gasteiger partial charge >= 0.3 is 0 Å². The minimum absolute atomic E-state index is 0.150. The predicted molar refractivity (Wildman–Crippen MR) is 110 cm³/mol. The Balaban J connectivity index is 1.72. The van der Waals surface area contributed by atoms with Gasteiger partial charge in [-0.3, -0.25) is 0 Å². The van der Waals surface area contributed by atoms with Crippen LogP contribution in [0.15, 0.2) is 59.5 Å². The maximum absolute atomic E-state index is 12.5. The lowest BCUT2D eigenvalue weighted by Gasteiger charge is -2.37. The minimum Gasteiger partial charge on any atom is -0.378 e. The molecular formula is C21H23ClN2O2S. The van der Waals surface area contributed by atoms with Gasteiger partial charge in [0.1, 0.15) is 0 Å². The van der Waals surface area contributed by atoms with Gasteiger partial charge in [-0.1, -0.05) is 42.8 Å². The molecule has 3 atom stereocenters. The van der Waals surface area contributed by atoms with E-state index in [2.05, 4.69) is 28.3 Å². The normalized spacial score (nSPS) is 23.6. The molecule has 27 heavy (non-hydrogen) atoms. The van der Waals surface area contributed by atoms with Crippen LogP contribution in [0.3, 0.4) is 0 Å². The van der Waals surface area contributed by atoms with Gasteiger partial charge in [-0.25, -0.2) is 13.1 Å². The molecular weight excluding hydrogens is 380 g/mol. The van der Waals surface area contributed by atoms with Crippen LogP contribution in [0.2, 0.25) is 5.02 Å². The van der Waals surface area contributed by atoms with Crippen molar-refractivity contribution in [3.8, 4) is 0 Å². The van der Waals surface area contributed by atoms with Crippen molar-refractivity contribution in [3.05, 3.63) is 70.8 Å². The van der Waals surface area contributed by atoms with E-state index in [0.717, 1.165) is 34.7 Å². The molecule has 0 amide bonds.